The Morgan fingerprint density at radius 2 is 1.71 bits per heavy atom. The highest BCUT2D eigenvalue weighted by Gasteiger charge is 2.10. The molecule has 21 heavy (non-hydrogen) atoms. The molecule has 0 bridgehead atoms. The van der Waals surface area contributed by atoms with Crippen molar-refractivity contribution in [2.75, 3.05) is 19.5 Å². The summed E-state index contributed by atoms with van der Waals surface area (Å²) in [4.78, 5) is 12.2. The predicted molar refractivity (Wildman–Crippen MR) is 86.6 cm³/mol. The van der Waals surface area contributed by atoms with Crippen molar-refractivity contribution in [3.05, 3.63) is 53.6 Å². The van der Waals surface area contributed by atoms with Gasteiger partial charge in [0.2, 0.25) is 0 Å². The third-order valence-corrected chi connectivity index (χ3v) is 3.66. The van der Waals surface area contributed by atoms with E-state index in [0.717, 1.165) is 16.6 Å². The minimum atomic E-state index is -0.192. The smallest absolute Gasteiger partial charge is 0.255 e. The van der Waals surface area contributed by atoms with Crippen LogP contribution in [0.15, 0.2) is 42.5 Å². The molecule has 2 rings (SSSR count). The lowest BCUT2D eigenvalue weighted by Crippen LogP contribution is -2.12. The molecule has 0 heterocycles. The fourth-order valence-electron chi connectivity index (χ4n) is 1.86. The average molecular weight is 350 g/mol. The van der Waals surface area contributed by atoms with Crippen LogP contribution in [0.1, 0.15) is 15.9 Å². The molecule has 1 N–H and O–H groups in total. The monoisotopic (exact) mass is 349 g/mol. The average Bonchev–Trinajstić information content (AvgIpc) is 2.54. The Morgan fingerprint density at radius 3 is 2.29 bits per heavy atom. The van der Waals surface area contributed by atoms with Crippen molar-refractivity contribution in [1.82, 2.24) is 0 Å². The summed E-state index contributed by atoms with van der Waals surface area (Å²) in [6.45, 7) is 0. The number of carbonyl (C=O) groups is 1. The zero-order chi connectivity index (χ0) is 15.2. The number of benzene rings is 2. The van der Waals surface area contributed by atoms with E-state index in [-0.39, 0.29) is 5.91 Å². The van der Waals surface area contributed by atoms with E-state index in [2.05, 4.69) is 21.2 Å². The first-order valence-corrected chi connectivity index (χ1v) is 7.48. The molecule has 0 aromatic heterocycles. The first-order chi connectivity index (χ1) is 10.2. The minimum absolute atomic E-state index is 0.192. The molecule has 1 amide bonds. The molecule has 0 radical (unpaired) electrons. The van der Waals surface area contributed by atoms with Crippen LogP contribution in [0.4, 0.5) is 5.69 Å². The lowest BCUT2D eigenvalue weighted by atomic mass is 10.1. The normalized spacial score (nSPS) is 10.0. The van der Waals surface area contributed by atoms with Crippen LogP contribution in [0.5, 0.6) is 11.5 Å². The highest BCUT2D eigenvalue weighted by Crippen LogP contribution is 2.27. The number of carbonyl (C=O) groups excluding carboxylic acids is 1. The summed E-state index contributed by atoms with van der Waals surface area (Å²) >= 11 is 3.39. The molecule has 0 saturated heterocycles. The van der Waals surface area contributed by atoms with E-state index in [1.54, 1.807) is 32.4 Å². The maximum absolute atomic E-state index is 12.2. The Kier molecular flexibility index (Phi) is 5.22. The summed E-state index contributed by atoms with van der Waals surface area (Å²) in [5.74, 6) is 0.929. The van der Waals surface area contributed by atoms with Crippen molar-refractivity contribution in [2.45, 2.75) is 5.33 Å². The van der Waals surface area contributed by atoms with Gasteiger partial charge >= 0.3 is 0 Å². The Bertz CT molecular complexity index is 626. The van der Waals surface area contributed by atoms with Gasteiger partial charge in [0.25, 0.3) is 5.91 Å². The van der Waals surface area contributed by atoms with Crippen LogP contribution in [0.2, 0.25) is 0 Å². The summed E-state index contributed by atoms with van der Waals surface area (Å²) < 4.78 is 10.4. The summed E-state index contributed by atoms with van der Waals surface area (Å²) in [5, 5.41) is 3.64. The topological polar surface area (TPSA) is 47.6 Å². The molecule has 0 spiro atoms. The van der Waals surface area contributed by atoms with Gasteiger partial charge in [-0.15, -0.1) is 0 Å². The summed E-state index contributed by atoms with van der Waals surface area (Å²) in [7, 11) is 3.10. The number of rotatable bonds is 5. The van der Waals surface area contributed by atoms with Gasteiger partial charge in [0.15, 0.2) is 11.5 Å². The van der Waals surface area contributed by atoms with E-state index in [4.69, 9.17) is 9.47 Å². The second-order valence-electron chi connectivity index (χ2n) is 4.35. The molecule has 0 aliphatic carbocycles. The van der Waals surface area contributed by atoms with E-state index in [0.29, 0.717) is 17.1 Å². The van der Waals surface area contributed by atoms with E-state index >= 15 is 0 Å². The van der Waals surface area contributed by atoms with E-state index in [1.807, 2.05) is 24.3 Å². The van der Waals surface area contributed by atoms with Crippen molar-refractivity contribution in [1.29, 1.82) is 0 Å². The van der Waals surface area contributed by atoms with Crippen LogP contribution in [0.3, 0.4) is 0 Å². The fourth-order valence-corrected chi connectivity index (χ4v) is 2.23. The van der Waals surface area contributed by atoms with Crippen LogP contribution in [0, 0.1) is 0 Å². The van der Waals surface area contributed by atoms with Crippen molar-refractivity contribution in [3.63, 3.8) is 0 Å². The zero-order valence-electron chi connectivity index (χ0n) is 11.9. The predicted octanol–water partition coefficient (Wildman–Crippen LogP) is 3.85. The van der Waals surface area contributed by atoms with Crippen LogP contribution in [-0.4, -0.2) is 20.1 Å². The van der Waals surface area contributed by atoms with Gasteiger partial charge in [0.1, 0.15) is 0 Å². The van der Waals surface area contributed by atoms with Crippen molar-refractivity contribution >= 4 is 27.5 Å². The number of hydrogen-bond donors (Lipinski definition) is 1. The molecule has 2 aromatic carbocycles. The Labute approximate surface area is 132 Å². The Balaban J connectivity index is 2.15. The molecule has 0 aliphatic heterocycles. The number of halogens is 1. The van der Waals surface area contributed by atoms with Crippen molar-refractivity contribution in [3.8, 4) is 11.5 Å². The number of anilines is 1. The molecule has 4 nitrogen and oxygen atoms in total. The number of nitrogens with one attached hydrogen (secondary N) is 1. The van der Waals surface area contributed by atoms with Gasteiger partial charge in [0.05, 0.1) is 14.2 Å². The first-order valence-electron chi connectivity index (χ1n) is 6.36. The van der Waals surface area contributed by atoms with Gasteiger partial charge in [-0.3, -0.25) is 4.79 Å². The summed E-state index contributed by atoms with van der Waals surface area (Å²) in [6.07, 6.45) is 0. The molecule has 0 fully saturated rings. The lowest BCUT2D eigenvalue weighted by Gasteiger charge is -2.10. The van der Waals surface area contributed by atoms with E-state index in [1.165, 1.54) is 0 Å². The zero-order valence-corrected chi connectivity index (χ0v) is 13.4. The standard InChI is InChI=1S/C16H16BrNO3/c1-20-14-8-5-12(9-15(14)21-2)16(19)18-13-6-3-11(10-17)4-7-13/h3-9H,10H2,1-2H3,(H,18,19). The number of hydrogen-bond acceptors (Lipinski definition) is 3. The van der Waals surface area contributed by atoms with Gasteiger partial charge in [-0.2, -0.15) is 0 Å². The Morgan fingerprint density at radius 1 is 1.05 bits per heavy atom. The molecule has 0 atom stereocenters. The highest BCUT2D eigenvalue weighted by atomic mass is 79.9. The first kappa shape index (κ1) is 15.4. The number of alkyl halides is 1. The second-order valence-corrected chi connectivity index (χ2v) is 4.92. The van der Waals surface area contributed by atoms with Gasteiger partial charge in [-0.25, -0.2) is 0 Å². The molecular formula is C16H16BrNO3. The molecule has 0 unspecified atom stereocenters. The van der Waals surface area contributed by atoms with Gasteiger partial charge in [-0.05, 0) is 35.9 Å². The molecule has 2 aromatic rings. The second kappa shape index (κ2) is 7.13. The molecule has 0 aliphatic rings. The third kappa shape index (κ3) is 3.76. The maximum Gasteiger partial charge on any atom is 0.255 e. The number of amides is 1. The molecule has 5 heteroatoms. The molecule has 0 saturated carbocycles. The maximum atomic E-state index is 12.2. The minimum Gasteiger partial charge on any atom is -0.493 e. The van der Waals surface area contributed by atoms with Crippen LogP contribution in [0.25, 0.3) is 0 Å². The quantitative estimate of drug-likeness (QED) is 0.834. The number of methoxy groups -OCH3 is 2. The molecular weight excluding hydrogens is 334 g/mol. The van der Waals surface area contributed by atoms with Crippen LogP contribution < -0.4 is 14.8 Å². The fraction of sp³-hybridized carbons (Fsp3) is 0.188. The van der Waals surface area contributed by atoms with E-state index in [9.17, 15) is 4.79 Å². The van der Waals surface area contributed by atoms with Gasteiger partial charge < -0.3 is 14.8 Å². The highest BCUT2D eigenvalue weighted by molar-refractivity contribution is 9.08. The third-order valence-electron chi connectivity index (χ3n) is 3.01. The Hall–Kier alpha value is -2.01. The SMILES string of the molecule is COc1ccc(C(=O)Nc2ccc(CBr)cc2)cc1OC. The van der Waals surface area contributed by atoms with Gasteiger partial charge in [-0.1, -0.05) is 28.1 Å². The van der Waals surface area contributed by atoms with Crippen LogP contribution >= 0.6 is 15.9 Å². The van der Waals surface area contributed by atoms with Crippen LogP contribution in [-0.2, 0) is 5.33 Å². The van der Waals surface area contributed by atoms with E-state index < -0.39 is 0 Å². The van der Waals surface area contributed by atoms with Gasteiger partial charge in [0, 0.05) is 16.6 Å². The summed E-state index contributed by atoms with van der Waals surface area (Å²) in [5.41, 5.74) is 2.41. The number of ether oxygens (including phenoxy) is 2. The molecule has 110 valence electrons. The largest absolute Gasteiger partial charge is 0.493 e. The lowest BCUT2D eigenvalue weighted by molar-refractivity contribution is 0.102. The summed E-state index contributed by atoms with van der Waals surface area (Å²) in [6, 6.07) is 12.7. The van der Waals surface area contributed by atoms with Crippen molar-refractivity contribution in [2.24, 2.45) is 0 Å². The van der Waals surface area contributed by atoms with Crippen molar-refractivity contribution < 1.29 is 14.3 Å².